The van der Waals surface area contributed by atoms with Crippen LogP contribution in [0.4, 0.5) is 5.69 Å². The molecule has 0 aliphatic heterocycles. The van der Waals surface area contributed by atoms with Crippen molar-refractivity contribution in [3.63, 3.8) is 0 Å². The summed E-state index contributed by atoms with van der Waals surface area (Å²) in [6, 6.07) is 5.90. The maximum absolute atomic E-state index is 11.6. The lowest BCUT2D eigenvalue weighted by Crippen LogP contribution is -2.23. The first-order valence-electron chi connectivity index (χ1n) is 4.35. The van der Waals surface area contributed by atoms with Crippen LogP contribution in [0.15, 0.2) is 24.3 Å². The second-order valence-electron chi connectivity index (χ2n) is 3.30. The Labute approximate surface area is 99.9 Å². The second kappa shape index (κ2) is 5.62. The molecular weight excluding hydrogens is 246 g/mol. The summed E-state index contributed by atoms with van der Waals surface area (Å²) in [5, 5.41) is 0. The minimum absolute atomic E-state index is 0. The van der Waals surface area contributed by atoms with Crippen molar-refractivity contribution in [1.82, 2.24) is 11.1 Å². The molecule has 0 aliphatic rings. The van der Waals surface area contributed by atoms with Crippen molar-refractivity contribution < 1.29 is 17.8 Å². The monoisotopic (exact) mass is 261 g/mol. The van der Waals surface area contributed by atoms with E-state index in [4.69, 9.17) is 0 Å². The molecule has 0 heterocycles. The molecule has 0 radical (unpaired) electrons. The number of benzene rings is 1. The number of hydrogen-bond acceptors (Lipinski definition) is 4. The average Bonchev–Trinajstić information content (AvgIpc) is 2.15. The molecule has 7 nitrogen and oxygen atoms in total. The smallest absolute Gasteiger partial charge is 0.255 e. The van der Waals surface area contributed by atoms with Crippen LogP contribution >= 0.6 is 0 Å². The summed E-state index contributed by atoms with van der Waals surface area (Å²) in [5.41, 5.74) is 0.114. The van der Waals surface area contributed by atoms with Gasteiger partial charge in [-0.1, -0.05) is 12.1 Å². The quantitative estimate of drug-likeness (QED) is 0.774. The highest BCUT2D eigenvalue weighted by atomic mass is 32.2. The molecule has 0 spiro atoms. The van der Waals surface area contributed by atoms with Gasteiger partial charge in [-0.3, -0.25) is 9.52 Å². The van der Waals surface area contributed by atoms with Gasteiger partial charge in [0.1, 0.15) is 0 Å². The second-order valence-corrected chi connectivity index (χ2v) is 4.41. The normalized spacial score (nSPS) is 10.3. The Kier molecular flexibility index (Phi) is 5.08. The van der Waals surface area contributed by atoms with Gasteiger partial charge in [0.2, 0.25) is 0 Å². The largest absolute Gasteiger partial charge is 0.731 e. The van der Waals surface area contributed by atoms with Crippen LogP contribution in [0.25, 0.3) is 0 Å². The molecule has 5 N–H and O–H groups in total. The van der Waals surface area contributed by atoms with Gasteiger partial charge in [-0.2, -0.15) is 0 Å². The van der Waals surface area contributed by atoms with Gasteiger partial charge in [-0.15, -0.1) is 0 Å². The predicted molar refractivity (Wildman–Crippen MR) is 63.8 cm³/mol. The molecule has 1 rings (SSSR count). The van der Waals surface area contributed by atoms with E-state index < -0.39 is 10.3 Å². The molecule has 0 atom stereocenters. The molecule has 0 aliphatic carbocycles. The van der Waals surface area contributed by atoms with Gasteiger partial charge in [0.25, 0.3) is 5.91 Å². The van der Waals surface area contributed by atoms with E-state index in [1.807, 2.05) is 0 Å². The first-order chi connectivity index (χ1) is 7.31. The van der Waals surface area contributed by atoms with Crippen molar-refractivity contribution in [1.29, 1.82) is 0 Å². The summed E-state index contributed by atoms with van der Waals surface area (Å²) in [7, 11) is -1.56. The highest BCUT2D eigenvalue weighted by Gasteiger charge is 2.13. The number of carbonyl (C=O) groups is 1. The summed E-state index contributed by atoms with van der Waals surface area (Å²) < 4.78 is 33.4. The molecule has 0 unspecified atom stereocenters. The predicted octanol–water partition coefficient (Wildman–Crippen LogP) is 0.637. The fourth-order valence-electron chi connectivity index (χ4n) is 1.13. The zero-order valence-electron chi connectivity index (χ0n) is 9.80. The van der Waals surface area contributed by atoms with E-state index >= 15 is 0 Å². The van der Waals surface area contributed by atoms with Crippen molar-refractivity contribution >= 4 is 21.9 Å². The Morgan fingerprint density at radius 1 is 1.29 bits per heavy atom. The van der Waals surface area contributed by atoms with Gasteiger partial charge in [-0.25, -0.2) is 8.42 Å². The fraction of sp³-hybridized carbons (Fsp3) is 0.222. The lowest BCUT2D eigenvalue weighted by atomic mass is 10.1. The first kappa shape index (κ1) is 15.4. The van der Waals surface area contributed by atoms with Gasteiger partial charge >= 0.3 is 0 Å². The van der Waals surface area contributed by atoms with Crippen LogP contribution in [0.1, 0.15) is 10.4 Å². The summed E-state index contributed by atoms with van der Waals surface area (Å²) >= 11 is 0. The minimum Gasteiger partial charge on any atom is -0.731 e. The molecule has 1 aromatic rings. The van der Waals surface area contributed by atoms with Crippen LogP contribution < -0.4 is 10.9 Å². The van der Waals surface area contributed by atoms with Crippen molar-refractivity contribution in [2.24, 2.45) is 0 Å². The number of anilines is 1. The molecule has 0 saturated heterocycles. The summed E-state index contributed by atoms with van der Waals surface area (Å²) in [4.78, 5) is 12.9. The SMILES string of the molecule is CN(C)C(=O)c1ccccc1NS(=O)(=O)[O-].[NH4+]. The number of quaternary nitrogens is 1. The van der Waals surface area contributed by atoms with Gasteiger partial charge in [-0.05, 0) is 12.1 Å². The van der Waals surface area contributed by atoms with E-state index in [9.17, 15) is 17.8 Å². The number of hydrogen-bond donors (Lipinski definition) is 2. The van der Waals surface area contributed by atoms with Gasteiger partial charge in [0.15, 0.2) is 10.3 Å². The van der Waals surface area contributed by atoms with Crippen LogP contribution in [-0.2, 0) is 10.3 Å². The van der Waals surface area contributed by atoms with Crippen molar-refractivity contribution in [2.45, 2.75) is 0 Å². The number of para-hydroxylation sites is 1. The zero-order chi connectivity index (χ0) is 12.3. The first-order valence-corrected chi connectivity index (χ1v) is 5.76. The Balaban J connectivity index is 0.00000256. The molecule has 0 saturated carbocycles. The molecule has 0 aromatic heterocycles. The van der Waals surface area contributed by atoms with E-state index in [2.05, 4.69) is 0 Å². The molecule has 0 bridgehead atoms. The van der Waals surface area contributed by atoms with E-state index in [1.165, 1.54) is 37.2 Å². The highest BCUT2D eigenvalue weighted by molar-refractivity contribution is 7.87. The standard InChI is InChI=1S/C9H12N2O4S.H3N/c1-11(2)9(12)7-5-3-4-6-8(7)10-16(13,14)15;/h3-6,10H,1-2H3,(H,13,14,15);1H3. The average molecular weight is 261 g/mol. The molecular formula is C9H15N3O4S. The molecule has 1 amide bonds. The molecule has 17 heavy (non-hydrogen) atoms. The highest BCUT2D eigenvalue weighted by Crippen LogP contribution is 2.17. The Morgan fingerprint density at radius 3 is 2.29 bits per heavy atom. The number of amides is 1. The minimum atomic E-state index is -4.63. The van der Waals surface area contributed by atoms with E-state index in [1.54, 1.807) is 10.8 Å². The molecule has 0 fully saturated rings. The maximum atomic E-state index is 11.6. The molecule has 96 valence electrons. The molecule has 1 aromatic carbocycles. The van der Waals surface area contributed by atoms with Crippen LogP contribution in [0.2, 0.25) is 0 Å². The number of nitrogens with zero attached hydrogens (tertiary/aromatic N) is 1. The number of nitrogens with one attached hydrogen (secondary N) is 1. The lowest BCUT2D eigenvalue weighted by molar-refractivity contribution is 0.0828. The van der Waals surface area contributed by atoms with Crippen LogP contribution in [0.5, 0.6) is 0 Å². The van der Waals surface area contributed by atoms with Crippen molar-refractivity contribution in [3.05, 3.63) is 29.8 Å². The van der Waals surface area contributed by atoms with Crippen molar-refractivity contribution in [3.8, 4) is 0 Å². The van der Waals surface area contributed by atoms with Gasteiger partial charge in [0.05, 0.1) is 11.3 Å². The fourth-order valence-corrected chi connectivity index (χ4v) is 1.58. The summed E-state index contributed by atoms with van der Waals surface area (Å²) in [6.45, 7) is 0. The Morgan fingerprint density at radius 2 is 1.82 bits per heavy atom. The third-order valence-corrected chi connectivity index (χ3v) is 2.27. The van der Waals surface area contributed by atoms with Gasteiger partial charge < -0.3 is 15.6 Å². The summed E-state index contributed by atoms with van der Waals surface area (Å²) in [6.07, 6.45) is 0. The van der Waals surface area contributed by atoms with Crippen molar-refractivity contribution in [2.75, 3.05) is 18.8 Å². The number of rotatable bonds is 3. The Bertz CT molecular complexity index is 499. The van der Waals surface area contributed by atoms with Crippen LogP contribution in [0.3, 0.4) is 0 Å². The Hall–Kier alpha value is -1.64. The van der Waals surface area contributed by atoms with E-state index in [0.717, 1.165) is 0 Å². The maximum Gasteiger partial charge on any atom is 0.255 e. The third kappa shape index (κ3) is 4.39. The molecule has 8 heteroatoms. The van der Waals surface area contributed by atoms with Crippen LogP contribution in [0, 0.1) is 0 Å². The number of carbonyl (C=O) groups excluding carboxylic acids is 1. The zero-order valence-corrected chi connectivity index (χ0v) is 10.6. The van der Waals surface area contributed by atoms with Gasteiger partial charge in [0, 0.05) is 14.1 Å². The topological polar surface area (TPSA) is 126 Å². The summed E-state index contributed by atoms with van der Waals surface area (Å²) in [5.74, 6) is -0.383. The van der Waals surface area contributed by atoms with E-state index in [0.29, 0.717) is 0 Å². The van der Waals surface area contributed by atoms with Crippen LogP contribution in [-0.4, -0.2) is 37.9 Å². The van der Waals surface area contributed by atoms with E-state index in [-0.39, 0.29) is 23.3 Å². The third-order valence-electron chi connectivity index (χ3n) is 1.80. The lowest BCUT2D eigenvalue weighted by Gasteiger charge is -2.16.